The zero-order chi connectivity index (χ0) is 40.3. The molecule has 0 aliphatic carbocycles. The third kappa shape index (κ3) is 7.44. The van der Waals surface area contributed by atoms with Gasteiger partial charge in [0.25, 0.3) is 0 Å². The van der Waals surface area contributed by atoms with Crippen LogP contribution in [-0.4, -0.2) is 87.8 Å². The number of hydrogen-bond acceptors (Lipinski definition) is 6. The molecule has 1 N–H and O–H groups in total. The van der Waals surface area contributed by atoms with Crippen molar-refractivity contribution in [2.45, 2.75) is 66.1 Å². The average molecular weight is 802 g/mol. The highest BCUT2D eigenvalue weighted by Gasteiger charge is 2.90. The Morgan fingerprint density at radius 2 is 0.804 bits per heavy atom. The quantitative estimate of drug-likeness (QED) is 0.182. The summed E-state index contributed by atoms with van der Waals surface area (Å²) >= 11 is 0. The number of nitrogens with zero attached hydrogens (tertiary/aromatic N) is 2. The lowest BCUT2D eigenvalue weighted by Crippen LogP contribution is -2.69. The molecule has 292 valence electrons. The van der Waals surface area contributed by atoms with Crippen LogP contribution in [0, 0.1) is 0 Å². The predicted molar refractivity (Wildman–Crippen MR) is 112 cm³/mol. The molecule has 2 rings (SSSR count). The van der Waals surface area contributed by atoms with Crippen molar-refractivity contribution in [3.63, 3.8) is 0 Å². The molecular formula is C22H9F23N2O4. The molecule has 0 saturated heterocycles. The minimum absolute atomic E-state index is 0.0213. The van der Waals surface area contributed by atoms with Crippen LogP contribution in [0.25, 0.3) is 11.4 Å². The van der Waals surface area contributed by atoms with E-state index in [9.17, 15) is 101 Å². The number of aromatic nitrogens is 2. The van der Waals surface area contributed by atoms with E-state index in [1.54, 1.807) is 0 Å². The number of benzene rings is 1. The summed E-state index contributed by atoms with van der Waals surface area (Å²) < 4.78 is 314. The van der Waals surface area contributed by atoms with Gasteiger partial charge in [0, 0.05) is 5.56 Å². The zero-order valence-corrected chi connectivity index (χ0v) is 22.9. The molecule has 0 saturated carbocycles. The first-order valence-corrected chi connectivity index (χ1v) is 11.8. The van der Waals surface area contributed by atoms with Gasteiger partial charge in [0.15, 0.2) is 18.2 Å². The van der Waals surface area contributed by atoms with Gasteiger partial charge < -0.3 is 9.84 Å². The molecule has 0 fully saturated rings. The highest BCUT2D eigenvalue weighted by molar-refractivity contribution is 5.56. The second-order valence-electron chi connectivity index (χ2n) is 9.42. The highest BCUT2D eigenvalue weighted by atomic mass is 19.4. The molecule has 0 unspecified atom stereocenters. The topological polar surface area (TPSA) is 73.7 Å². The summed E-state index contributed by atoms with van der Waals surface area (Å²) in [6.45, 7) is -3.05. The number of aromatic hydroxyl groups is 1. The van der Waals surface area contributed by atoms with Crippen molar-refractivity contribution in [3.8, 4) is 22.9 Å². The molecular weight excluding hydrogens is 793 g/mol. The van der Waals surface area contributed by atoms with E-state index < -0.39 is 84.3 Å². The Kier molecular flexibility index (Phi) is 10.8. The molecule has 0 atom stereocenters. The molecule has 0 bridgehead atoms. The molecule has 1 heterocycles. The van der Waals surface area contributed by atoms with Gasteiger partial charge in [-0.15, -0.1) is 0 Å². The van der Waals surface area contributed by atoms with E-state index in [0.29, 0.717) is 12.1 Å². The molecule has 0 spiro atoms. The number of halogens is 23. The Balaban J connectivity index is 2.33. The summed E-state index contributed by atoms with van der Waals surface area (Å²) in [6.07, 6.45) is -39.5. The summed E-state index contributed by atoms with van der Waals surface area (Å²) in [7, 11) is 0. The van der Waals surface area contributed by atoms with Crippen LogP contribution in [0.5, 0.6) is 11.5 Å². The first-order chi connectivity index (χ1) is 22.4. The third-order valence-corrected chi connectivity index (χ3v) is 5.75. The molecule has 29 heteroatoms. The number of alkyl halides is 23. The summed E-state index contributed by atoms with van der Waals surface area (Å²) in [6, 6.07) is 2.96. The van der Waals surface area contributed by atoms with Crippen LogP contribution in [0.15, 0.2) is 36.7 Å². The molecule has 1 aromatic carbocycles. The van der Waals surface area contributed by atoms with Crippen LogP contribution < -0.4 is 4.74 Å². The van der Waals surface area contributed by atoms with E-state index in [1.807, 2.05) is 0 Å². The Morgan fingerprint density at radius 1 is 0.471 bits per heavy atom. The van der Waals surface area contributed by atoms with Gasteiger partial charge in [-0.25, -0.2) is 19.4 Å². The predicted octanol–water partition coefficient (Wildman–Crippen LogP) is 9.01. The molecule has 0 aliphatic heterocycles. The Labute approximate surface area is 263 Å². The van der Waals surface area contributed by atoms with Gasteiger partial charge >= 0.3 is 66.1 Å². The minimum Gasteiger partial charge on any atom is -0.505 e. The Hall–Kier alpha value is -3.79. The normalized spacial score (nSPS) is 15.3. The van der Waals surface area contributed by atoms with Gasteiger partial charge in [-0.05, 0) is 24.3 Å². The van der Waals surface area contributed by atoms with Crippen LogP contribution in [0.1, 0.15) is 0 Å². The number of hydrogen-bond donors (Lipinski definition) is 1. The summed E-state index contributed by atoms with van der Waals surface area (Å²) in [5.41, 5.74) is -0.0213. The summed E-state index contributed by atoms with van der Waals surface area (Å²) in [5, 5.41) is 9.11. The third-order valence-electron chi connectivity index (χ3n) is 5.75. The van der Waals surface area contributed by atoms with Gasteiger partial charge in [-0.3, -0.25) is 0 Å². The van der Waals surface area contributed by atoms with E-state index in [2.05, 4.69) is 14.7 Å². The highest BCUT2D eigenvalue weighted by Crippen LogP contribution is 2.60. The minimum atomic E-state index is -8.83. The second-order valence-corrected chi connectivity index (χ2v) is 9.42. The van der Waals surface area contributed by atoms with Crippen LogP contribution in [-0.2, 0) is 9.47 Å². The van der Waals surface area contributed by atoms with Crippen LogP contribution in [0.4, 0.5) is 101 Å². The van der Waals surface area contributed by atoms with E-state index in [0.717, 1.165) is 29.3 Å². The van der Waals surface area contributed by atoms with Gasteiger partial charge in [-0.1, -0.05) is 0 Å². The molecule has 0 radical (unpaired) electrons. The standard InChI is InChI=1S/C22H9F23N2O4/c23-12(24,7-49-10-3-1-8(2-4-10)11-46-5-9(48)6-47-11)13(25,26)19(38,39)50-21(42,43)16(31,32)17(33,34)22(44,45)51-20(40,41)15(29,30)14(27,28)18(35,36)37/h1-6,48H,7H2. The van der Waals surface area contributed by atoms with Crippen molar-refractivity contribution in [2.24, 2.45) is 0 Å². The van der Waals surface area contributed by atoms with E-state index in [1.165, 1.54) is 4.74 Å². The number of rotatable bonds is 15. The van der Waals surface area contributed by atoms with Crippen LogP contribution in [0.2, 0.25) is 0 Å². The van der Waals surface area contributed by atoms with Crippen molar-refractivity contribution in [1.82, 2.24) is 9.97 Å². The smallest absolute Gasteiger partial charge is 0.460 e. The first-order valence-electron chi connectivity index (χ1n) is 11.8. The zero-order valence-electron chi connectivity index (χ0n) is 22.9. The lowest BCUT2D eigenvalue weighted by molar-refractivity contribution is -0.543. The number of ether oxygens (including phenoxy) is 3. The van der Waals surface area contributed by atoms with Crippen molar-refractivity contribution in [1.29, 1.82) is 0 Å². The second kappa shape index (κ2) is 12.7. The molecule has 1 aromatic heterocycles. The molecule has 0 aliphatic rings. The molecule has 0 amide bonds. The van der Waals surface area contributed by atoms with E-state index in [4.69, 9.17) is 5.11 Å². The first kappa shape index (κ1) is 43.4. The largest absolute Gasteiger partial charge is 0.505 e. The van der Waals surface area contributed by atoms with Gasteiger partial charge in [-0.2, -0.15) is 101 Å². The lowest BCUT2D eigenvalue weighted by Gasteiger charge is -2.40. The molecule has 6 nitrogen and oxygen atoms in total. The fraction of sp³-hybridized carbons (Fsp3) is 0.545. The van der Waals surface area contributed by atoms with E-state index >= 15 is 0 Å². The maximum Gasteiger partial charge on any atom is 0.460 e. The fourth-order valence-corrected chi connectivity index (χ4v) is 2.95. The maximum atomic E-state index is 14.0. The van der Waals surface area contributed by atoms with Crippen molar-refractivity contribution in [3.05, 3.63) is 36.7 Å². The Morgan fingerprint density at radius 3 is 1.16 bits per heavy atom. The lowest BCUT2D eigenvalue weighted by atomic mass is 10.1. The van der Waals surface area contributed by atoms with Gasteiger partial charge in [0.1, 0.15) is 5.75 Å². The monoisotopic (exact) mass is 802 g/mol. The Bertz CT molecular complexity index is 1510. The van der Waals surface area contributed by atoms with Crippen LogP contribution in [0.3, 0.4) is 0 Å². The van der Waals surface area contributed by atoms with Gasteiger partial charge in [0.05, 0.1) is 12.4 Å². The molecule has 2 aromatic rings. The van der Waals surface area contributed by atoms with Gasteiger partial charge in [0.2, 0.25) is 0 Å². The molecule has 51 heavy (non-hydrogen) atoms. The summed E-state index contributed by atoms with van der Waals surface area (Å²) in [5.74, 6) is -50.1. The van der Waals surface area contributed by atoms with Crippen LogP contribution >= 0.6 is 0 Å². The van der Waals surface area contributed by atoms with E-state index in [-0.39, 0.29) is 11.4 Å². The summed E-state index contributed by atoms with van der Waals surface area (Å²) in [4.78, 5) is 7.17. The maximum absolute atomic E-state index is 14.0. The van der Waals surface area contributed by atoms with Crippen molar-refractivity contribution >= 4 is 0 Å². The van der Waals surface area contributed by atoms with Crippen molar-refractivity contribution < 1.29 is 120 Å². The SMILES string of the molecule is Oc1cnc(-c2ccc(OCC(F)(F)C(F)(F)C(F)(F)OC(F)(F)C(F)(F)C(F)(F)C(F)(F)OC(F)(F)C(F)(F)C(F)(F)C(F)(F)F)cc2)nc1. The average Bonchev–Trinajstić information content (AvgIpc) is 2.94. The van der Waals surface area contributed by atoms with Crippen molar-refractivity contribution in [2.75, 3.05) is 6.61 Å². The fourth-order valence-electron chi connectivity index (χ4n) is 2.95.